The van der Waals surface area contributed by atoms with Crippen LogP contribution in [-0.2, 0) is 24.4 Å². The van der Waals surface area contributed by atoms with E-state index in [2.05, 4.69) is 13.8 Å². The standard InChI is InChI=1S/C6H13O.C4H6O7S.3K/c1-3-5-6-7-4-2;5-3(6)1-2(4(7)8)12(9,10)11;;;/h2-6H2,1H3;2H,1H2,(H,5,6)(H,7,8)(H,9,10,11);;;/q-1;;3*+1/p-2. The second-order valence-electron chi connectivity index (χ2n) is 3.36. The molecule has 0 aromatic rings. The van der Waals surface area contributed by atoms with Crippen LogP contribution in [0.25, 0.3) is 0 Å². The Balaban J connectivity index is -0.0000000850. The molecule has 0 amide bonds. The minimum Gasteiger partial charge on any atom is -0.550 e. The van der Waals surface area contributed by atoms with Crippen LogP contribution in [0.2, 0.25) is 0 Å². The fraction of sp³-hybridized carbons (Fsp3) is 0.700. The van der Waals surface area contributed by atoms with Crippen molar-refractivity contribution in [2.45, 2.75) is 31.4 Å². The molecule has 0 radical (unpaired) electrons. The molecule has 114 valence electrons. The van der Waals surface area contributed by atoms with Crippen molar-refractivity contribution in [3.63, 3.8) is 0 Å². The van der Waals surface area contributed by atoms with E-state index in [4.69, 9.17) is 9.29 Å². The molecule has 0 rings (SSSR count). The van der Waals surface area contributed by atoms with E-state index in [1.54, 1.807) is 0 Å². The van der Waals surface area contributed by atoms with Crippen LogP contribution in [0.15, 0.2) is 0 Å². The molecule has 0 heterocycles. The predicted octanol–water partition coefficient (Wildman–Crippen LogP) is -11.2. The zero-order chi connectivity index (χ0) is 15.5. The van der Waals surface area contributed by atoms with Gasteiger partial charge in [0.25, 0.3) is 10.1 Å². The summed E-state index contributed by atoms with van der Waals surface area (Å²) in [5.41, 5.74) is 0. The summed E-state index contributed by atoms with van der Waals surface area (Å²) in [7, 11) is -4.94. The van der Waals surface area contributed by atoms with Crippen LogP contribution in [0, 0.1) is 6.92 Å². The molecule has 12 heteroatoms. The minimum atomic E-state index is -4.94. The van der Waals surface area contributed by atoms with Crippen molar-refractivity contribution in [2.75, 3.05) is 13.2 Å². The van der Waals surface area contributed by atoms with Crippen LogP contribution in [-0.4, -0.2) is 43.4 Å². The van der Waals surface area contributed by atoms with Crippen molar-refractivity contribution in [1.29, 1.82) is 0 Å². The number of carbonyl (C=O) groups excluding carboxylic acids is 2. The minimum absolute atomic E-state index is 0. The van der Waals surface area contributed by atoms with Crippen LogP contribution >= 0.6 is 0 Å². The molecular formula is C10H17K3O8S. The van der Waals surface area contributed by atoms with Gasteiger partial charge in [-0.15, -0.1) is 0 Å². The summed E-state index contributed by atoms with van der Waals surface area (Å²) >= 11 is 0. The van der Waals surface area contributed by atoms with Crippen LogP contribution < -0.4 is 164 Å². The quantitative estimate of drug-likeness (QED) is 0.178. The molecule has 1 unspecified atom stereocenters. The molecule has 1 atom stereocenters. The largest absolute Gasteiger partial charge is 1.00 e. The maximum absolute atomic E-state index is 10.2. The fourth-order valence-electron chi connectivity index (χ4n) is 0.810. The molecule has 0 saturated heterocycles. The van der Waals surface area contributed by atoms with Gasteiger partial charge in [0.05, 0.1) is 5.97 Å². The molecule has 0 aliphatic carbocycles. The molecule has 0 bridgehead atoms. The van der Waals surface area contributed by atoms with Crippen LogP contribution in [0.5, 0.6) is 0 Å². The second-order valence-corrected chi connectivity index (χ2v) is 4.96. The first-order chi connectivity index (χ1) is 8.66. The van der Waals surface area contributed by atoms with Gasteiger partial charge >= 0.3 is 154 Å². The number of rotatable bonds is 8. The number of aliphatic carboxylic acids is 2. The van der Waals surface area contributed by atoms with E-state index >= 15 is 0 Å². The Labute approximate surface area is 258 Å². The van der Waals surface area contributed by atoms with Gasteiger partial charge in [0.15, 0.2) is 0 Å². The third kappa shape index (κ3) is 26.0. The molecule has 1 N–H and O–H groups in total. The van der Waals surface area contributed by atoms with Gasteiger partial charge in [-0.1, -0.05) is 20.0 Å². The van der Waals surface area contributed by atoms with E-state index in [1.807, 2.05) is 0 Å². The molecule has 0 aliphatic heterocycles. The van der Waals surface area contributed by atoms with Crippen molar-refractivity contribution in [1.82, 2.24) is 0 Å². The Morgan fingerprint density at radius 3 is 1.86 bits per heavy atom. The Hall–Kier alpha value is 3.72. The van der Waals surface area contributed by atoms with Gasteiger partial charge in [-0.25, -0.2) is 0 Å². The number of carboxylic acid groups (broad SMARTS) is 2. The Bertz CT molecular complexity index is 370. The summed E-state index contributed by atoms with van der Waals surface area (Å²) < 4.78 is 33.4. The maximum atomic E-state index is 10.2. The molecule has 8 nitrogen and oxygen atoms in total. The van der Waals surface area contributed by atoms with E-state index in [0.717, 1.165) is 13.0 Å². The average molecular weight is 415 g/mol. The molecule has 0 aromatic carbocycles. The van der Waals surface area contributed by atoms with Gasteiger partial charge in [-0.3, -0.25) is 4.55 Å². The summed E-state index contributed by atoms with van der Waals surface area (Å²) in [4.78, 5) is 19.7. The zero-order valence-electron chi connectivity index (χ0n) is 13.5. The monoisotopic (exact) mass is 414 g/mol. The van der Waals surface area contributed by atoms with Crippen molar-refractivity contribution in [2.24, 2.45) is 0 Å². The Morgan fingerprint density at radius 2 is 1.68 bits per heavy atom. The summed E-state index contributed by atoms with van der Waals surface area (Å²) in [6.07, 6.45) is 1.04. The van der Waals surface area contributed by atoms with E-state index in [1.165, 1.54) is 6.42 Å². The van der Waals surface area contributed by atoms with Gasteiger partial charge in [0.2, 0.25) is 0 Å². The molecular weight excluding hydrogens is 397 g/mol. The van der Waals surface area contributed by atoms with E-state index in [9.17, 15) is 28.2 Å². The van der Waals surface area contributed by atoms with Gasteiger partial charge in [0.1, 0.15) is 5.25 Å². The second kappa shape index (κ2) is 22.8. The van der Waals surface area contributed by atoms with Gasteiger partial charge in [0, 0.05) is 19.0 Å². The number of hydrogen-bond acceptors (Lipinski definition) is 7. The van der Waals surface area contributed by atoms with E-state index < -0.39 is 33.7 Å². The van der Waals surface area contributed by atoms with Crippen LogP contribution in [0.3, 0.4) is 0 Å². The average Bonchev–Trinajstić information content (AvgIpc) is 2.25. The molecule has 0 aliphatic rings. The predicted molar refractivity (Wildman–Crippen MR) is 61.1 cm³/mol. The summed E-state index contributed by atoms with van der Waals surface area (Å²) in [5.74, 6) is -4.08. The van der Waals surface area contributed by atoms with E-state index in [0.29, 0.717) is 6.61 Å². The van der Waals surface area contributed by atoms with Crippen molar-refractivity contribution in [3.05, 3.63) is 6.92 Å². The molecule has 0 saturated carbocycles. The number of ether oxygens (including phenoxy) is 1. The Morgan fingerprint density at radius 1 is 1.23 bits per heavy atom. The number of hydrogen-bond donors (Lipinski definition) is 1. The maximum Gasteiger partial charge on any atom is 1.00 e. The third-order valence-electron chi connectivity index (χ3n) is 1.76. The normalized spacial score (nSPS) is 10.5. The first-order valence-corrected chi connectivity index (χ1v) is 6.91. The van der Waals surface area contributed by atoms with Crippen LogP contribution in [0.1, 0.15) is 26.2 Å². The van der Waals surface area contributed by atoms with Crippen molar-refractivity contribution in [3.8, 4) is 0 Å². The first kappa shape index (κ1) is 36.6. The Kier molecular flexibility index (Phi) is 37.9. The van der Waals surface area contributed by atoms with Gasteiger partial charge in [-0.2, -0.15) is 8.42 Å². The third-order valence-corrected chi connectivity index (χ3v) is 2.84. The number of carbonyl (C=O) groups is 2. The number of carboxylic acids is 2. The molecule has 0 spiro atoms. The van der Waals surface area contributed by atoms with Gasteiger partial charge in [-0.05, 0) is 6.42 Å². The first-order valence-electron chi connectivity index (χ1n) is 5.40. The van der Waals surface area contributed by atoms with Gasteiger partial charge < -0.3 is 31.5 Å². The topological polar surface area (TPSA) is 144 Å². The number of unbranched alkanes of at least 4 members (excludes halogenated alkanes) is 1. The SMILES string of the molecule is O=C([O-])CC(C(=O)[O-])S(=O)(=O)O.[CH2-]COCCCC.[K+].[K+].[K+]. The zero-order valence-corrected chi connectivity index (χ0v) is 23.7. The molecule has 0 aromatic heterocycles. The van der Waals surface area contributed by atoms with Crippen LogP contribution in [0.4, 0.5) is 0 Å². The van der Waals surface area contributed by atoms with Crippen molar-refractivity contribution >= 4 is 22.1 Å². The smallest absolute Gasteiger partial charge is 0.550 e. The fourth-order valence-corrected chi connectivity index (χ4v) is 1.40. The summed E-state index contributed by atoms with van der Waals surface area (Å²) in [5, 5.41) is 17.3. The summed E-state index contributed by atoms with van der Waals surface area (Å²) in [6, 6.07) is 0. The van der Waals surface area contributed by atoms with Crippen molar-refractivity contribution < 1.29 is 192 Å². The molecule has 22 heavy (non-hydrogen) atoms. The summed E-state index contributed by atoms with van der Waals surface area (Å²) in [6.45, 7) is 7.17. The molecule has 0 fully saturated rings. The van der Waals surface area contributed by atoms with E-state index in [-0.39, 0.29) is 154 Å².